The average Bonchev–Trinajstić information content (AvgIpc) is 3.51. The van der Waals surface area contributed by atoms with E-state index in [-0.39, 0.29) is 12.5 Å². The third kappa shape index (κ3) is 3.33. The Balaban J connectivity index is 1.60. The van der Waals surface area contributed by atoms with E-state index < -0.39 is 35.3 Å². The summed E-state index contributed by atoms with van der Waals surface area (Å²) in [6.45, 7) is 4.74. The normalized spacial score (nSPS) is 28.2. The zero-order valence-corrected chi connectivity index (χ0v) is 19.4. The van der Waals surface area contributed by atoms with E-state index in [0.29, 0.717) is 43.2 Å². The monoisotopic (exact) mass is 470 g/mol. The highest BCUT2D eigenvalue weighted by atomic mass is 32.1. The van der Waals surface area contributed by atoms with E-state index in [2.05, 4.69) is 5.32 Å². The van der Waals surface area contributed by atoms with Crippen LogP contribution in [0.15, 0.2) is 35.7 Å². The number of ether oxygens (including phenoxy) is 3. The number of benzene rings is 1. The first-order chi connectivity index (χ1) is 16.0. The van der Waals surface area contributed by atoms with Crippen LogP contribution in [0.2, 0.25) is 0 Å². The fourth-order valence-electron chi connectivity index (χ4n) is 5.31. The Bertz CT molecular complexity index is 1090. The molecule has 0 saturated carbocycles. The van der Waals surface area contributed by atoms with Crippen molar-refractivity contribution < 1.29 is 28.6 Å². The second-order valence-electron chi connectivity index (χ2n) is 8.42. The van der Waals surface area contributed by atoms with Crippen molar-refractivity contribution in [1.82, 2.24) is 5.32 Å². The van der Waals surface area contributed by atoms with Gasteiger partial charge in [-0.05, 0) is 36.9 Å². The Morgan fingerprint density at radius 2 is 1.97 bits per heavy atom. The van der Waals surface area contributed by atoms with E-state index in [1.54, 1.807) is 25.1 Å². The largest absolute Gasteiger partial charge is 0.486 e. The van der Waals surface area contributed by atoms with E-state index in [1.165, 1.54) is 16.2 Å². The fourth-order valence-corrected chi connectivity index (χ4v) is 6.14. The molecule has 1 aromatic heterocycles. The smallest absolute Gasteiger partial charge is 0.327 e. The summed E-state index contributed by atoms with van der Waals surface area (Å²) < 4.78 is 16.7. The lowest BCUT2D eigenvalue weighted by molar-refractivity contribution is -0.155. The van der Waals surface area contributed by atoms with Gasteiger partial charge in [0.1, 0.15) is 18.8 Å². The molecule has 0 spiro atoms. The van der Waals surface area contributed by atoms with Gasteiger partial charge in [0.15, 0.2) is 11.5 Å². The average molecular weight is 471 g/mol. The number of fused-ring (bicyclic) bond motifs is 2. The van der Waals surface area contributed by atoms with Crippen molar-refractivity contribution in [2.75, 3.05) is 24.7 Å². The molecule has 1 N–H and O–H groups in total. The van der Waals surface area contributed by atoms with Gasteiger partial charge < -0.3 is 14.2 Å². The number of anilines is 1. The highest BCUT2D eigenvalue weighted by Crippen LogP contribution is 2.52. The standard InChI is InChI=1S/C24H26N2O6S/c1-3-9-24(23(29)30-4-2)19-18(20(25-24)17-6-5-12-33-17)21(27)26(22(19)28)14-7-8-15-16(13-14)32-11-10-31-15/h5-8,12-13,18-20,25H,3-4,9-11H2,1-2H3/t18-,19-,20-,24+/m1/s1. The molecule has 4 heterocycles. The molecule has 2 amide bonds. The number of carbonyl (C=O) groups excluding carboxylic acids is 3. The summed E-state index contributed by atoms with van der Waals surface area (Å²) >= 11 is 1.50. The summed E-state index contributed by atoms with van der Waals surface area (Å²) in [7, 11) is 0. The van der Waals surface area contributed by atoms with Gasteiger partial charge in [0.25, 0.3) is 0 Å². The van der Waals surface area contributed by atoms with Crippen LogP contribution in [-0.2, 0) is 19.1 Å². The maximum atomic E-state index is 13.9. The minimum absolute atomic E-state index is 0.195. The Morgan fingerprint density at radius 3 is 2.67 bits per heavy atom. The number of nitrogens with one attached hydrogen (secondary N) is 1. The van der Waals surface area contributed by atoms with E-state index in [0.717, 1.165) is 4.88 Å². The molecule has 3 aliphatic rings. The lowest BCUT2D eigenvalue weighted by Gasteiger charge is -2.32. The minimum atomic E-state index is -1.26. The maximum Gasteiger partial charge on any atom is 0.327 e. The molecule has 3 aliphatic heterocycles. The zero-order valence-electron chi connectivity index (χ0n) is 18.5. The third-order valence-corrected chi connectivity index (χ3v) is 7.53. The van der Waals surface area contributed by atoms with Crippen molar-refractivity contribution in [1.29, 1.82) is 0 Å². The molecule has 0 radical (unpaired) electrons. The van der Waals surface area contributed by atoms with E-state index in [4.69, 9.17) is 14.2 Å². The van der Waals surface area contributed by atoms with Crippen LogP contribution in [0.3, 0.4) is 0 Å². The summed E-state index contributed by atoms with van der Waals surface area (Å²) in [5.41, 5.74) is -0.845. The molecule has 9 heteroatoms. The summed E-state index contributed by atoms with van der Waals surface area (Å²) in [6, 6.07) is 8.43. The molecule has 0 bridgehead atoms. The van der Waals surface area contributed by atoms with Crippen LogP contribution in [0.25, 0.3) is 0 Å². The second-order valence-corrected chi connectivity index (χ2v) is 9.40. The fraction of sp³-hybridized carbons (Fsp3) is 0.458. The quantitative estimate of drug-likeness (QED) is 0.512. The number of thiophene rings is 1. The maximum absolute atomic E-state index is 13.9. The van der Waals surface area contributed by atoms with Crippen LogP contribution in [0.5, 0.6) is 11.5 Å². The first kappa shape index (κ1) is 21.9. The van der Waals surface area contributed by atoms with Crippen LogP contribution >= 0.6 is 11.3 Å². The van der Waals surface area contributed by atoms with Crippen molar-refractivity contribution in [3.05, 3.63) is 40.6 Å². The van der Waals surface area contributed by atoms with Gasteiger partial charge in [0, 0.05) is 10.9 Å². The Kier molecular flexibility index (Phi) is 5.62. The molecular formula is C24H26N2O6S. The lowest BCUT2D eigenvalue weighted by atomic mass is 9.77. The van der Waals surface area contributed by atoms with Gasteiger partial charge in [-0.3, -0.25) is 19.7 Å². The van der Waals surface area contributed by atoms with Crippen molar-refractivity contribution in [3.8, 4) is 11.5 Å². The summed E-state index contributed by atoms with van der Waals surface area (Å²) in [4.78, 5) is 43.1. The number of imide groups is 1. The number of esters is 1. The number of amides is 2. The second kappa shape index (κ2) is 8.46. The molecule has 0 aliphatic carbocycles. The third-order valence-electron chi connectivity index (χ3n) is 6.57. The first-order valence-corrected chi connectivity index (χ1v) is 12.2. The van der Waals surface area contributed by atoms with Gasteiger partial charge in [0.2, 0.25) is 11.8 Å². The van der Waals surface area contributed by atoms with Crippen molar-refractivity contribution in [3.63, 3.8) is 0 Å². The number of nitrogens with zero attached hydrogens (tertiary/aromatic N) is 1. The molecule has 174 valence electrons. The van der Waals surface area contributed by atoms with Gasteiger partial charge in [-0.15, -0.1) is 11.3 Å². The van der Waals surface area contributed by atoms with Gasteiger partial charge in [-0.25, -0.2) is 4.90 Å². The van der Waals surface area contributed by atoms with Crippen molar-refractivity contribution in [2.45, 2.75) is 38.3 Å². The molecule has 33 heavy (non-hydrogen) atoms. The van der Waals surface area contributed by atoms with Gasteiger partial charge in [0.05, 0.1) is 30.2 Å². The molecule has 5 rings (SSSR count). The van der Waals surface area contributed by atoms with Crippen molar-refractivity contribution >= 4 is 34.8 Å². The summed E-state index contributed by atoms with van der Waals surface area (Å²) in [6.07, 6.45) is 1.04. The highest BCUT2D eigenvalue weighted by Gasteiger charge is 2.68. The molecule has 1 aromatic carbocycles. The predicted octanol–water partition coefficient (Wildman–Crippen LogP) is 3.07. The molecule has 8 nitrogen and oxygen atoms in total. The molecule has 2 saturated heterocycles. The van der Waals surface area contributed by atoms with E-state index in [9.17, 15) is 14.4 Å². The number of rotatable bonds is 6. The van der Waals surface area contributed by atoms with Crippen LogP contribution in [0, 0.1) is 11.8 Å². The molecule has 0 unspecified atom stereocenters. The SMILES string of the molecule is CCC[C@]1(C(=O)OCC)N[C@H](c2cccs2)[C@@H]2C(=O)N(c3ccc4c(c3)OCCO4)C(=O)[C@@H]21. The number of hydrogen-bond donors (Lipinski definition) is 1. The Labute approximate surface area is 195 Å². The predicted molar refractivity (Wildman–Crippen MR) is 121 cm³/mol. The topological polar surface area (TPSA) is 94.2 Å². The lowest BCUT2D eigenvalue weighted by Crippen LogP contribution is -2.56. The molecular weight excluding hydrogens is 444 g/mol. The number of hydrogen-bond acceptors (Lipinski definition) is 8. The molecule has 2 aromatic rings. The molecule has 4 atom stereocenters. The summed E-state index contributed by atoms with van der Waals surface area (Å²) in [5.74, 6) is -1.69. The Morgan fingerprint density at radius 1 is 1.18 bits per heavy atom. The zero-order chi connectivity index (χ0) is 23.2. The summed E-state index contributed by atoms with van der Waals surface area (Å²) in [5, 5.41) is 5.33. The number of carbonyl (C=O) groups is 3. The minimum Gasteiger partial charge on any atom is -0.486 e. The van der Waals surface area contributed by atoms with Gasteiger partial charge in [-0.1, -0.05) is 19.4 Å². The van der Waals surface area contributed by atoms with Crippen molar-refractivity contribution in [2.24, 2.45) is 11.8 Å². The molecule has 2 fully saturated rings. The van der Waals surface area contributed by atoms with E-state index >= 15 is 0 Å². The Hall–Kier alpha value is -2.91. The van der Waals surface area contributed by atoms with E-state index in [1.807, 2.05) is 24.4 Å². The highest BCUT2D eigenvalue weighted by molar-refractivity contribution is 7.10. The van der Waals surface area contributed by atoms with Crippen LogP contribution < -0.4 is 19.7 Å². The van der Waals surface area contributed by atoms with Gasteiger partial charge in [-0.2, -0.15) is 0 Å². The van der Waals surface area contributed by atoms with Crippen LogP contribution in [-0.4, -0.2) is 43.1 Å². The van der Waals surface area contributed by atoms with Crippen LogP contribution in [0.4, 0.5) is 5.69 Å². The first-order valence-electron chi connectivity index (χ1n) is 11.3. The van der Waals surface area contributed by atoms with Crippen LogP contribution in [0.1, 0.15) is 37.6 Å². The van der Waals surface area contributed by atoms with Gasteiger partial charge >= 0.3 is 5.97 Å².